The third-order valence-corrected chi connectivity index (χ3v) is 14.8. The quantitative estimate of drug-likeness (QED) is 0.345. The van der Waals surface area contributed by atoms with E-state index in [1.165, 1.54) is 0 Å². The average molecular weight is 599 g/mol. The van der Waals surface area contributed by atoms with Crippen molar-refractivity contribution in [2.24, 2.45) is 0 Å². The lowest BCUT2D eigenvalue weighted by Crippen LogP contribution is -2.45. The number of likely N-dealkylation sites (tertiary alicyclic amines) is 1. The number of carbonyl (C=O) groups is 2. The topological polar surface area (TPSA) is 126 Å². The van der Waals surface area contributed by atoms with Crippen molar-refractivity contribution in [3.8, 4) is 6.07 Å². The Balaban J connectivity index is 1.52. The van der Waals surface area contributed by atoms with Crippen LogP contribution in [0.3, 0.4) is 0 Å². The van der Waals surface area contributed by atoms with Gasteiger partial charge >= 0.3 is 0 Å². The molecule has 1 unspecified atom stereocenters. The van der Waals surface area contributed by atoms with Gasteiger partial charge in [-0.3, -0.25) is 23.6 Å². The summed E-state index contributed by atoms with van der Waals surface area (Å²) in [7, 11) is -3.32. The minimum Gasteiger partial charge on any atom is -0.413 e. The van der Waals surface area contributed by atoms with E-state index in [9.17, 15) is 24.0 Å². The van der Waals surface area contributed by atoms with Gasteiger partial charge in [-0.1, -0.05) is 39.0 Å². The third kappa shape index (κ3) is 7.20. The van der Waals surface area contributed by atoms with Crippen molar-refractivity contribution >= 4 is 36.4 Å². The molecule has 1 saturated heterocycles. The number of amides is 2. The molecule has 0 spiro atoms. The molecule has 9 nitrogen and oxygen atoms in total. The largest absolute Gasteiger partial charge is 0.413 e. The molecule has 2 heterocycles. The Labute approximate surface area is 246 Å². The zero-order valence-electron chi connectivity index (χ0n) is 24.8. The summed E-state index contributed by atoms with van der Waals surface area (Å²) >= 11 is 0. The fraction of sp³-hybridized carbons (Fsp3) is 0.500. The van der Waals surface area contributed by atoms with Crippen LogP contribution in [0.25, 0.3) is 0 Å². The summed E-state index contributed by atoms with van der Waals surface area (Å²) in [5.74, 6) is -0.945. The van der Waals surface area contributed by atoms with Crippen LogP contribution in [0.15, 0.2) is 47.4 Å². The molecule has 3 N–H and O–H groups in total. The van der Waals surface area contributed by atoms with Crippen LogP contribution >= 0.6 is 10.6 Å². The van der Waals surface area contributed by atoms with Crippen LogP contribution in [0.5, 0.6) is 0 Å². The van der Waals surface area contributed by atoms with Crippen molar-refractivity contribution in [2.45, 2.75) is 68.8 Å². The van der Waals surface area contributed by atoms with Gasteiger partial charge in [0.05, 0.1) is 40.8 Å². The predicted octanol–water partition coefficient (Wildman–Crippen LogP) is 5.46. The van der Waals surface area contributed by atoms with Gasteiger partial charge < -0.3 is 14.6 Å². The molecular formula is C30H42N4O5SSi. The maximum absolute atomic E-state index is 13.6. The highest BCUT2D eigenvalue weighted by atomic mass is 32.3. The number of carbonyl (C=O) groups excluding carboxylic acids is 2. The van der Waals surface area contributed by atoms with Crippen LogP contribution in [0, 0.1) is 11.3 Å². The second kappa shape index (κ2) is 11.9. The summed E-state index contributed by atoms with van der Waals surface area (Å²) in [4.78, 5) is 29.9. The number of fused-ring (bicyclic) bond motifs is 1. The molecule has 2 aromatic carbocycles. The normalized spacial score (nSPS) is 20.5. The summed E-state index contributed by atoms with van der Waals surface area (Å²) in [5, 5.41) is 12.3. The van der Waals surface area contributed by atoms with Crippen LogP contribution in [-0.4, -0.2) is 77.6 Å². The summed E-state index contributed by atoms with van der Waals surface area (Å²) in [5.41, 5.74) is 2.42. The Bertz CT molecular complexity index is 1350. The van der Waals surface area contributed by atoms with E-state index in [0.29, 0.717) is 23.4 Å². The van der Waals surface area contributed by atoms with Crippen molar-refractivity contribution in [3.63, 3.8) is 0 Å². The van der Waals surface area contributed by atoms with E-state index < -0.39 is 24.8 Å². The molecule has 4 rings (SSSR count). The highest BCUT2D eigenvalue weighted by Crippen LogP contribution is 2.53. The predicted molar refractivity (Wildman–Crippen MR) is 165 cm³/mol. The maximum atomic E-state index is 13.6. The van der Waals surface area contributed by atoms with Crippen LogP contribution < -0.4 is 5.32 Å². The van der Waals surface area contributed by atoms with Gasteiger partial charge in [0.25, 0.3) is 0 Å². The molecule has 2 aromatic rings. The third-order valence-electron chi connectivity index (χ3n) is 8.55. The van der Waals surface area contributed by atoms with E-state index >= 15 is 0 Å². The summed E-state index contributed by atoms with van der Waals surface area (Å²) < 4.78 is 27.3. The number of hydrogen-bond donors (Lipinski definition) is 3. The Morgan fingerprint density at radius 3 is 2.68 bits per heavy atom. The van der Waals surface area contributed by atoms with Gasteiger partial charge in [0.15, 0.2) is 8.32 Å². The maximum Gasteiger partial charge on any atom is 0.244 e. The van der Waals surface area contributed by atoms with Crippen LogP contribution in [0.1, 0.15) is 49.9 Å². The van der Waals surface area contributed by atoms with Crippen LogP contribution in [-0.2, 0) is 20.4 Å². The van der Waals surface area contributed by atoms with Gasteiger partial charge in [-0.25, -0.2) is 0 Å². The van der Waals surface area contributed by atoms with Gasteiger partial charge in [-0.15, -0.1) is 0 Å². The Morgan fingerprint density at radius 1 is 1.27 bits per heavy atom. The van der Waals surface area contributed by atoms with E-state index in [0.717, 1.165) is 25.1 Å². The molecule has 2 aliphatic rings. The summed E-state index contributed by atoms with van der Waals surface area (Å²) in [6.45, 7) is 13.5. The highest BCUT2D eigenvalue weighted by molar-refractivity contribution is 8.25. The van der Waals surface area contributed by atoms with Gasteiger partial charge in [-0.2, -0.15) is 15.9 Å². The van der Waals surface area contributed by atoms with Gasteiger partial charge in [0.1, 0.15) is 5.75 Å². The fourth-order valence-electron chi connectivity index (χ4n) is 5.15. The molecular weight excluding hydrogens is 557 g/mol. The van der Waals surface area contributed by atoms with E-state index in [4.69, 9.17) is 4.43 Å². The number of likely N-dealkylation sites (N-methyl/N-ethyl adjacent to an activating group) is 1. The lowest BCUT2D eigenvalue weighted by atomic mass is 10.0. The fourth-order valence-corrected chi connectivity index (χ4v) is 7.87. The molecule has 222 valence electrons. The summed E-state index contributed by atoms with van der Waals surface area (Å²) in [6.07, 6.45) is 1.17. The smallest absolute Gasteiger partial charge is 0.244 e. The molecule has 1 fully saturated rings. The number of rotatable bonds is 8. The van der Waals surface area contributed by atoms with Gasteiger partial charge in [-0.05, 0) is 59.9 Å². The molecule has 2 atom stereocenters. The highest BCUT2D eigenvalue weighted by Gasteiger charge is 2.41. The molecule has 0 aromatic heterocycles. The average Bonchev–Trinajstić information content (AvgIpc) is 3.31. The molecule has 11 heteroatoms. The molecule has 0 saturated carbocycles. The lowest BCUT2D eigenvalue weighted by molar-refractivity contribution is -0.131. The molecule has 2 amide bonds. The number of anilines is 1. The minimum absolute atomic E-state index is 0.0738. The monoisotopic (exact) mass is 598 g/mol. The first kappa shape index (κ1) is 31.2. The van der Waals surface area contributed by atoms with Crippen LogP contribution in [0.4, 0.5) is 5.69 Å². The van der Waals surface area contributed by atoms with E-state index in [1.807, 2.05) is 18.2 Å². The zero-order chi connectivity index (χ0) is 30.2. The van der Waals surface area contributed by atoms with Crippen molar-refractivity contribution in [3.05, 3.63) is 59.2 Å². The van der Waals surface area contributed by atoms with E-state index in [2.05, 4.69) is 50.2 Å². The van der Waals surface area contributed by atoms with Crippen LogP contribution in [0.2, 0.25) is 18.1 Å². The SMILES string of the molecule is CN(C(=O)Cc1ccc2c(c1)NC(=O)CS2(O)O)[C@H](CN1CCC(O[Si](C)(C)C(C)(C)C)C1)c1cccc(C#N)c1. The second-order valence-electron chi connectivity index (χ2n) is 12.7. The number of nitrogens with one attached hydrogen (secondary N) is 1. The summed E-state index contributed by atoms with van der Waals surface area (Å²) in [6, 6.07) is 14.2. The first-order valence-corrected chi connectivity index (χ1v) is 18.6. The minimum atomic E-state index is -3.19. The lowest BCUT2D eigenvalue weighted by Gasteiger charge is -2.38. The number of nitriles is 1. The Hall–Kier alpha value is -2.72. The number of benzene rings is 2. The van der Waals surface area contributed by atoms with Crippen molar-refractivity contribution in [2.75, 3.05) is 37.8 Å². The van der Waals surface area contributed by atoms with E-state index in [1.54, 1.807) is 36.2 Å². The van der Waals surface area contributed by atoms with Crippen molar-refractivity contribution < 1.29 is 23.1 Å². The number of hydrogen-bond acceptors (Lipinski definition) is 7. The molecule has 0 aliphatic carbocycles. The first-order valence-electron chi connectivity index (χ1n) is 13.9. The zero-order valence-corrected chi connectivity index (χ0v) is 26.6. The molecule has 41 heavy (non-hydrogen) atoms. The van der Waals surface area contributed by atoms with Crippen molar-refractivity contribution in [1.29, 1.82) is 5.26 Å². The number of nitrogens with zero attached hydrogens (tertiary/aromatic N) is 3. The molecule has 0 radical (unpaired) electrons. The standard InChI is InChI=1S/C30H42N4O5SSi/c1-30(2,3)41(5,6)39-24-12-13-34(18-24)19-26(23-9-7-8-22(14-23)17-31)33(4)29(36)16-21-10-11-27-25(15-21)32-28(35)20-40(27,37)38/h7-11,14-15,24,26,37-38H,12-13,16,18-20H2,1-6H3,(H,32,35)/t24?,26-/m1/s1. The first-order chi connectivity index (χ1) is 19.1. The Morgan fingerprint density at radius 2 is 2.00 bits per heavy atom. The van der Waals surface area contributed by atoms with Crippen molar-refractivity contribution in [1.82, 2.24) is 9.80 Å². The Kier molecular flexibility index (Phi) is 9.04. The van der Waals surface area contributed by atoms with Gasteiger partial charge in [0.2, 0.25) is 11.8 Å². The second-order valence-corrected chi connectivity index (χ2v) is 19.5. The molecule has 2 aliphatic heterocycles. The van der Waals surface area contributed by atoms with Gasteiger partial charge in [0, 0.05) is 26.7 Å². The molecule has 0 bridgehead atoms. The van der Waals surface area contributed by atoms with E-state index in [-0.39, 0.29) is 40.2 Å².